The Balaban J connectivity index is 2.52. The summed E-state index contributed by atoms with van der Waals surface area (Å²) in [6, 6.07) is 4.31. The Morgan fingerprint density at radius 1 is 1.36 bits per heavy atom. The quantitative estimate of drug-likeness (QED) is 0.426. The molecule has 1 aliphatic rings. The van der Waals surface area contributed by atoms with E-state index in [1.165, 1.54) is 23.1 Å². The Morgan fingerprint density at radius 3 is 2.68 bits per heavy atom. The van der Waals surface area contributed by atoms with Gasteiger partial charge in [-0.05, 0) is 79.5 Å². The molecule has 0 aliphatic heterocycles. The second-order valence-electron chi connectivity index (χ2n) is 6.38. The molecule has 0 radical (unpaired) electrons. The summed E-state index contributed by atoms with van der Waals surface area (Å²) < 4.78 is 0. The van der Waals surface area contributed by atoms with Gasteiger partial charge < -0.3 is 5.73 Å². The average Bonchev–Trinajstić information content (AvgIpc) is 2.63. The second kappa shape index (κ2) is 6.85. The smallest absolute Gasteiger partial charge is 0.0361 e. The van der Waals surface area contributed by atoms with E-state index >= 15 is 0 Å². The van der Waals surface area contributed by atoms with Crippen LogP contribution in [-0.2, 0) is 0 Å². The van der Waals surface area contributed by atoms with Gasteiger partial charge in [-0.25, -0.2) is 0 Å². The molecule has 2 rings (SSSR count). The van der Waals surface area contributed by atoms with Crippen molar-refractivity contribution in [1.29, 1.82) is 0 Å². The molecule has 1 aliphatic carbocycles. The maximum Gasteiger partial charge on any atom is 0.0361 e. The van der Waals surface area contributed by atoms with Crippen molar-refractivity contribution in [3.8, 4) is 0 Å². The molecule has 1 heteroatoms. The van der Waals surface area contributed by atoms with Crippen LogP contribution in [0.1, 0.15) is 56.2 Å². The molecule has 1 aromatic carbocycles. The van der Waals surface area contributed by atoms with Crippen LogP contribution in [0.4, 0.5) is 5.69 Å². The molecule has 116 valence electrons. The molecule has 0 amide bonds. The van der Waals surface area contributed by atoms with Gasteiger partial charge in [0.1, 0.15) is 0 Å². The van der Waals surface area contributed by atoms with Gasteiger partial charge in [0.2, 0.25) is 0 Å². The van der Waals surface area contributed by atoms with Crippen LogP contribution in [0.15, 0.2) is 48.2 Å². The molecule has 0 saturated heterocycles. The third-order valence-electron chi connectivity index (χ3n) is 4.71. The Labute approximate surface area is 134 Å². The van der Waals surface area contributed by atoms with Gasteiger partial charge in [0.25, 0.3) is 0 Å². The fourth-order valence-corrected chi connectivity index (χ4v) is 3.31. The summed E-state index contributed by atoms with van der Waals surface area (Å²) in [5.41, 5.74) is 16.9. The minimum absolute atomic E-state index is 0.351. The van der Waals surface area contributed by atoms with E-state index in [2.05, 4.69) is 57.4 Å². The Morgan fingerprint density at radius 2 is 2.09 bits per heavy atom. The van der Waals surface area contributed by atoms with Gasteiger partial charge in [0, 0.05) is 11.6 Å². The normalized spacial score (nSPS) is 22.2. The van der Waals surface area contributed by atoms with Crippen LogP contribution in [0, 0.1) is 12.8 Å². The molecule has 0 heterocycles. The minimum Gasteiger partial charge on any atom is -0.398 e. The highest BCUT2D eigenvalue weighted by atomic mass is 14.6. The molecule has 0 fully saturated rings. The van der Waals surface area contributed by atoms with E-state index in [-0.39, 0.29) is 0 Å². The van der Waals surface area contributed by atoms with E-state index in [4.69, 9.17) is 5.73 Å². The van der Waals surface area contributed by atoms with Crippen molar-refractivity contribution >= 4 is 11.3 Å². The average molecular weight is 293 g/mol. The van der Waals surface area contributed by atoms with Crippen LogP contribution in [0.25, 0.3) is 5.57 Å². The van der Waals surface area contributed by atoms with E-state index in [1.54, 1.807) is 0 Å². The number of rotatable bonds is 3. The molecular weight excluding hydrogens is 266 g/mol. The SMILES string of the molecule is C=C/C(=C\C)c1cc(C)c(C2C=C=C(C)CCC2C)c(N)c1. The monoisotopic (exact) mass is 293 g/mol. The highest BCUT2D eigenvalue weighted by Crippen LogP contribution is 2.38. The minimum atomic E-state index is 0.351. The van der Waals surface area contributed by atoms with Crippen LogP contribution < -0.4 is 5.73 Å². The first-order valence-corrected chi connectivity index (χ1v) is 8.09. The van der Waals surface area contributed by atoms with Crippen molar-refractivity contribution < 1.29 is 0 Å². The first-order valence-electron chi connectivity index (χ1n) is 8.09. The van der Waals surface area contributed by atoms with Gasteiger partial charge in [-0.1, -0.05) is 31.7 Å². The number of hydrogen-bond donors (Lipinski definition) is 1. The van der Waals surface area contributed by atoms with Crippen LogP contribution >= 0.6 is 0 Å². The first kappa shape index (κ1) is 16.4. The van der Waals surface area contributed by atoms with Crippen molar-refractivity contribution in [1.82, 2.24) is 0 Å². The van der Waals surface area contributed by atoms with Gasteiger partial charge in [-0.2, -0.15) is 0 Å². The molecule has 0 aromatic heterocycles. The van der Waals surface area contributed by atoms with Crippen molar-refractivity contribution in [2.75, 3.05) is 5.73 Å². The van der Waals surface area contributed by atoms with Crippen LogP contribution in [-0.4, -0.2) is 0 Å². The van der Waals surface area contributed by atoms with Gasteiger partial charge in [-0.15, -0.1) is 5.73 Å². The van der Waals surface area contributed by atoms with Crippen molar-refractivity contribution in [2.24, 2.45) is 5.92 Å². The lowest BCUT2D eigenvalue weighted by atomic mass is 9.81. The predicted molar refractivity (Wildman–Crippen MR) is 97.8 cm³/mol. The maximum absolute atomic E-state index is 6.43. The number of benzene rings is 1. The summed E-state index contributed by atoms with van der Waals surface area (Å²) in [4.78, 5) is 0. The zero-order valence-corrected chi connectivity index (χ0v) is 14.2. The lowest BCUT2D eigenvalue weighted by Crippen LogP contribution is -2.11. The number of hydrogen-bond acceptors (Lipinski definition) is 1. The summed E-state index contributed by atoms with van der Waals surface area (Å²) in [5, 5.41) is 0. The van der Waals surface area contributed by atoms with Crippen molar-refractivity contribution in [3.05, 3.63) is 64.9 Å². The van der Waals surface area contributed by atoms with Gasteiger partial charge in [0.15, 0.2) is 0 Å². The van der Waals surface area contributed by atoms with Crippen LogP contribution in [0.2, 0.25) is 0 Å². The molecule has 0 spiro atoms. The first-order chi connectivity index (χ1) is 10.5. The zero-order valence-electron chi connectivity index (χ0n) is 14.2. The van der Waals surface area contributed by atoms with Crippen molar-refractivity contribution in [3.63, 3.8) is 0 Å². The van der Waals surface area contributed by atoms with Gasteiger partial charge >= 0.3 is 0 Å². The number of nitrogens with two attached hydrogens (primary N) is 1. The Kier molecular flexibility index (Phi) is 5.11. The molecule has 1 aromatic rings. The number of nitrogen functional groups attached to an aromatic ring is 1. The van der Waals surface area contributed by atoms with Crippen LogP contribution in [0.3, 0.4) is 0 Å². The predicted octanol–water partition coefficient (Wildman–Crippen LogP) is 5.78. The highest BCUT2D eigenvalue weighted by Gasteiger charge is 2.23. The molecular formula is C21H27N. The number of aryl methyl sites for hydroxylation is 1. The fourth-order valence-electron chi connectivity index (χ4n) is 3.31. The number of allylic oxidation sites excluding steroid dienone is 4. The molecule has 22 heavy (non-hydrogen) atoms. The molecule has 0 bridgehead atoms. The molecule has 2 atom stereocenters. The zero-order chi connectivity index (χ0) is 16.3. The lowest BCUT2D eigenvalue weighted by molar-refractivity contribution is 0.488. The summed E-state index contributed by atoms with van der Waals surface area (Å²) in [5.74, 6) is 0.932. The summed E-state index contributed by atoms with van der Waals surface area (Å²) in [7, 11) is 0. The number of anilines is 1. The van der Waals surface area contributed by atoms with E-state index in [0.29, 0.717) is 11.8 Å². The molecule has 1 nitrogen and oxygen atoms in total. The summed E-state index contributed by atoms with van der Waals surface area (Å²) in [6.07, 6.45) is 8.49. The van der Waals surface area contributed by atoms with Gasteiger partial charge in [-0.3, -0.25) is 0 Å². The molecule has 2 N–H and O–H groups in total. The third-order valence-corrected chi connectivity index (χ3v) is 4.71. The summed E-state index contributed by atoms with van der Waals surface area (Å²) >= 11 is 0. The van der Waals surface area contributed by atoms with E-state index in [0.717, 1.165) is 23.2 Å². The largest absolute Gasteiger partial charge is 0.398 e. The standard InChI is InChI=1S/C21H27N/c1-6-17(7-2)18-12-16(5)21(20(22)13-18)19-11-9-14(3)8-10-15(19)4/h6-7,11-13,15,19H,1,8,10,22H2,2-5H3/b17-7+. The van der Waals surface area contributed by atoms with E-state index in [9.17, 15) is 0 Å². The fraction of sp³-hybridized carbons (Fsp3) is 0.381. The third kappa shape index (κ3) is 3.26. The topological polar surface area (TPSA) is 26.0 Å². The second-order valence-corrected chi connectivity index (χ2v) is 6.38. The maximum atomic E-state index is 6.43. The molecule has 0 saturated carbocycles. The molecule has 2 unspecified atom stereocenters. The van der Waals surface area contributed by atoms with E-state index in [1.807, 2.05) is 13.0 Å². The lowest BCUT2D eigenvalue weighted by Gasteiger charge is -2.24. The van der Waals surface area contributed by atoms with Gasteiger partial charge in [0.05, 0.1) is 0 Å². The van der Waals surface area contributed by atoms with Crippen molar-refractivity contribution in [2.45, 2.75) is 46.5 Å². The highest BCUT2D eigenvalue weighted by molar-refractivity contribution is 5.77. The Bertz CT molecular complexity index is 646. The van der Waals surface area contributed by atoms with Crippen LogP contribution in [0.5, 0.6) is 0 Å². The van der Waals surface area contributed by atoms with E-state index < -0.39 is 0 Å². The summed E-state index contributed by atoms with van der Waals surface area (Å²) in [6.45, 7) is 12.5. The Hall–Kier alpha value is -1.98.